The highest BCUT2D eigenvalue weighted by Crippen LogP contribution is 2.18. The minimum Gasteiger partial charge on any atom is -0.593 e. The highest BCUT2D eigenvalue weighted by molar-refractivity contribution is 7.89. The molecule has 1 aliphatic rings. The summed E-state index contributed by atoms with van der Waals surface area (Å²) in [4.78, 5) is 3.08. The van der Waals surface area contributed by atoms with E-state index in [-0.39, 0.29) is 0 Å². The Kier molecular flexibility index (Phi) is 3.70. The Morgan fingerprint density at radius 1 is 1.12 bits per heavy atom. The molecule has 0 radical (unpaired) electrons. The van der Waals surface area contributed by atoms with Crippen molar-refractivity contribution >= 4 is 17.0 Å². The van der Waals surface area contributed by atoms with Crippen LogP contribution in [0.5, 0.6) is 0 Å². The molecule has 1 unspecified atom stereocenters. The van der Waals surface area contributed by atoms with E-state index in [1.54, 1.807) is 12.1 Å². The Bertz CT molecular complexity index is 336. The molecule has 1 atom stereocenters. The number of nitrogens with zero attached hydrogens (tertiary/aromatic N) is 2. The third-order valence-corrected chi connectivity index (χ3v) is 4.29. The lowest BCUT2D eigenvalue weighted by atomic mass is 10.3. The average Bonchev–Trinajstić information content (AvgIpc) is 2.30. The van der Waals surface area contributed by atoms with Gasteiger partial charge < -0.3 is 15.2 Å². The van der Waals surface area contributed by atoms with E-state index >= 15 is 0 Å². The molecule has 1 aliphatic heterocycles. The molecule has 1 aromatic carbocycles. The summed E-state index contributed by atoms with van der Waals surface area (Å²) >= 11 is -1.04. The van der Waals surface area contributed by atoms with Crippen LogP contribution in [-0.4, -0.2) is 47.0 Å². The Balaban J connectivity index is 2.01. The molecule has 1 saturated heterocycles. The van der Waals surface area contributed by atoms with E-state index in [1.807, 2.05) is 16.4 Å². The molecule has 2 rings (SSSR count). The summed E-state index contributed by atoms with van der Waals surface area (Å²) in [5.41, 5.74) is 6.31. The molecule has 16 heavy (non-hydrogen) atoms. The molecule has 0 saturated carbocycles. The molecular formula is C11H17N3OS. The van der Waals surface area contributed by atoms with Crippen LogP contribution < -0.4 is 5.73 Å². The van der Waals surface area contributed by atoms with Crippen molar-refractivity contribution in [3.63, 3.8) is 0 Å². The fraction of sp³-hybridized carbons (Fsp3) is 0.455. The summed E-state index contributed by atoms with van der Waals surface area (Å²) in [6.07, 6.45) is 0. The van der Waals surface area contributed by atoms with Crippen LogP contribution in [0.1, 0.15) is 0 Å². The minimum absolute atomic E-state index is 0.708. The van der Waals surface area contributed by atoms with Crippen LogP contribution in [0.4, 0.5) is 5.69 Å². The zero-order valence-corrected chi connectivity index (χ0v) is 10.2. The van der Waals surface area contributed by atoms with Crippen molar-refractivity contribution < 1.29 is 4.55 Å². The van der Waals surface area contributed by atoms with Gasteiger partial charge in [-0.15, -0.1) is 4.31 Å². The van der Waals surface area contributed by atoms with Crippen LogP contribution >= 0.6 is 0 Å². The minimum atomic E-state index is -1.04. The van der Waals surface area contributed by atoms with Gasteiger partial charge in [0, 0.05) is 18.8 Å². The fourth-order valence-electron chi connectivity index (χ4n) is 1.69. The number of benzene rings is 1. The second-order valence-electron chi connectivity index (χ2n) is 4.05. The first-order valence-corrected chi connectivity index (χ1v) is 6.48. The normalized spacial score (nSPS) is 20.9. The van der Waals surface area contributed by atoms with Crippen molar-refractivity contribution in [1.29, 1.82) is 0 Å². The Hall–Kier alpha value is -0.750. The van der Waals surface area contributed by atoms with Gasteiger partial charge in [0.15, 0.2) is 4.90 Å². The molecule has 88 valence electrons. The van der Waals surface area contributed by atoms with Gasteiger partial charge in [-0.1, -0.05) is 0 Å². The van der Waals surface area contributed by atoms with Gasteiger partial charge >= 0.3 is 0 Å². The molecule has 5 heteroatoms. The lowest BCUT2D eigenvalue weighted by Crippen LogP contribution is -2.46. The summed E-state index contributed by atoms with van der Waals surface area (Å²) in [6.45, 7) is 3.66. The lowest BCUT2D eigenvalue weighted by Gasteiger charge is -2.31. The first-order valence-electron chi connectivity index (χ1n) is 5.38. The van der Waals surface area contributed by atoms with Gasteiger partial charge in [0.05, 0.1) is 24.5 Å². The third-order valence-electron chi connectivity index (χ3n) is 2.78. The van der Waals surface area contributed by atoms with E-state index in [2.05, 4.69) is 11.9 Å². The van der Waals surface area contributed by atoms with Gasteiger partial charge in [-0.2, -0.15) is 0 Å². The molecule has 0 spiro atoms. The molecular weight excluding hydrogens is 222 g/mol. The largest absolute Gasteiger partial charge is 0.593 e. The van der Waals surface area contributed by atoms with Crippen molar-refractivity contribution in [2.24, 2.45) is 0 Å². The zero-order chi connectivity index (χ0) is 11.5. The molecule has 1 aromatic rings. The Morgan fingerprint density at radius 3 is 2.25 bits per heavy atom. The van der Waals surface area contributed by atoms with Crippen molar-refractivity contribution in [2.75, 3.05) is 39.0 Å². The monoisotopic (exact) mass is 239 g/mol. The summed E-state index contributed by atoms with van der Waals surface area (Å²) in [6, 6.07) is 7.26. The van der Waals surface area contributed by atoms with Crippen molar-refractivity contribution in [1.82, 2.24) is 9.21 Å². The van der Waals surface area contributed by atoms with E-state index in [9.17, 15) is 4.55 Å². The SMILES string of the molecule is CN1CCN([S+]([O-])c2ccc(N)cc2)CC1. The maximum atomic E-state index is 12.2. The Labute approximate surface area is 99.3 Å². The second-order valence-corrected chi connectivity index (χ2v) is 5.54. The van der Waals surface area contributed by atoms with E-state index < -0.39 is 11.4 Å². The van der Waals surface area contributed by atoms with Gasteiger partial charge in [0.1, 0.15) is 0 Å². The predicted molar refractivity (Wildman–Crippen MR) is 66.3 cm³/mol. The van der Waals surface area contributed by atoms with Gasteiger partial charge in [0.2, 0.25) is 0 Å². The fourth-order valence-corrected chi connectivity index (χ4v) is 2.85. The zero-order valence-electron chi connectivity index (χ0n) is 9.43. The first kappa shape index (κ1) is 11.7. The third kappa shape index (κ3) is 2.68. The summed E-state index contributed by atoms with van der Waals surface area (Å²) in [5.74, 6) is 0. The van der Waals surface area contributed by atoms with E-state index in [4.69, 9.17) is 5.73 Å². The maximum absolute atomic E-state index is 12.2. The van der Waals surface area contributed by atoms with Crippen molar-refractivity contribution in [3.8, 4) is 0 Å². The quantitative estimate of drug-likeness (QED) is 0.604. The standard InChI is InChI=1S/C11H17N3OS/c1-13-6-8-14(9-7-13)16(15)11-4-2-10(12)3-5-11/h2-5H,6-9,12H2,1H3. The molecule has 2 N–H and O–H groups in total. The summed E-state index contributed by atoms with van der Waals surface area (Å²) < 4.78 is 14.2. The van der Waals surface area contributed by atoms with Gasteiger partial charge in [0.25, 0.3) is 0 Å². The maximum Gasteiger partial charge on any atom is 0.174 e. The van der Waals surface area contributed by atoms with Crippen molar-refractivity contribution in [2.45, 2.75) is 4.90 Å². The highest BCUT2D eigenvalue weighted by atomic mass is 32.2. The highest BCUT2D eigenvalue weighted by Gasteiger charge is 2.25. The van der Waals surface area contributed by atoms with E-state index in [0.29, 0.717) is 5.69 Å². The first-order chi connectivity index (χ1) is 7.66. The lowest BCUT2D eigenvalue weighted by molar-refractivity contribution is 0.222. The summed E-state index contributed by atoms with van der Waals surface area (Å²) in [5, 5.41) is 0. The molecule has 0 bridgehead atoms. The van der Waals surface area contributed by atoms with Crippen LogP contribution in [0.25, 0.3) is 0 Å². The molecule has 1 heterocycles. The summed E-state index contributed by atoms with van der Waals surface area (Å²) in [7, 11) is 2.09. The van der Waals surface area contributed by atoms with Crippen LogP contribution in [0, 0.1) is 0 Å². The number of hydrogen-bond acceptors (Lipinski definition) is 4. The number of nitrogens with two attached hydrogens (primary N) is 1. The predicted octanol–water partition coefficient (Wildman–Crippen LogP) is 0.539. The number of nitrogen functional groups attached to an aromatic ring is 1. The number of hydrogen-bond donors (Lipinski definition) is 1. The molecule has 4 nitrogen and oxygen atoms in total. The average molecular weight is 239 g/mol. The van der Waals surface area contributed by atoms with Crippen LogP contribution in [0.15, 0.2) is 29.2 Å². The van der Waals surface area contributed by atoms with Gasteiger partial charge in [-0.05, 0) is 31.3 Å². The van der Waals surface area contributed by atoms with Crippen LogP contribution in [0.3, 0.4) is 0 Å². The number of rotatable bonds is 2. The van der Waals surface area contributed by atoms with Crippen molar-refractivity contribution in [3.05, 3.63) is 24.3 Å². The number of likely N-dealkylation sites (N-methyl/N-ethyl adjacent to an activating group) is 1. The Morgan fingerprint density at radius 2 is 1.69 bits per heavy atom. The molecule has 1 fully saturated rings. The second kappa shape index (κ2) is 5.05. The van der Waals surface area contributed by atoms with E-state index in [1.165, 1.54) is 0 Å². The topological polar surface area (TPSA) is 55.6 Å². The number of anilines is 1. The van der Waals surface area contributed by atoms with Gasteiger partial charge in [-0.3, -0.25) is 0 Å². The van der Waals surface area contributed by atoms with Crippen LogP contribution in [-0.2, 0) is 11.4 Å². The van der Waals surface area contributed by atoms with E-state index in [0.717, 1.165) is 31.1 Å². The number of piperazine rings is 1. The molecule has 0 aliphatic carbocycles. The van der Waals surface area contributed by atoms with Gasteiger partial charge in [-0.25, -0.2) is 0 Å². The van der Waals surface area contributed by atoms with Crippen LogP contribution in [0.2, 0.25) is 0 Å². The molecule has 0 aromatic heterocycles. The molecule has 0 amide bonds. The smallest absolute Gasteiger partial charge is 0.174 e.